The molecule has 0 aromatic heterocycles. The summed E-state index contributed by atoms with van der Waals surface area (Å²) in [5.41, 5.74) is 0. The summed E-state index contributed by atoms with van der Waals surface area (Å²) in [4.78, 5) is 2.19. The number of hydrogen-bond acceptors (Lipinski definition) is 2. The Morgan fingerprint density at radius 2 is 2.08 bits per heavy atom. The summed E-state index contributed by atoms with van der Waals surface area (Å²) in [6, 6.07) is 0.458. The van der Waals surface area contributed by atoms with Crippen LogP contribution in [0.4, 0.5) is 0 Å². The van der Waals surface area contributed by atoms with Gasteiger partial charge in [0.2, 0.25) is 0 Å². The van der Waals surface area contributed by atoms with Crippen LogP contribution in [0.15, 0.2) is 12.7 Å². The molecule has 0 aliphatic rings. The van der Waals surface area contributed by atoms with Crippen LogP contribution in [0.1, 0.15) is 13.3 Å². The Bertz CT molecular complexity index is 123. The molecule has 0 amide bonds. The molecule has 0 saturated carbocycles. The molecule has 0 fully saturated rings. The van der Waals surface area contributed by atoms with Gasteiger partial charge in [-0.3, -0.25) is 0 Å². The van der Waals surface area contributed by atoms with E-state index in [0.717, 1.165) is 13.0 Å². The SMILES string of the molecule is C=CC(C(C)CCOC)N(C)C. The van der Waals surface area contributed by atoms with Crippen LogP contribution in [0.5, 0.6) is 0 Å². The summed E-state index contributed by atoms with van der Waals surface area (Å²) in [6.45, 7) is 6.89. The molecule has 2 heteroatoms. The molecule has 0 rings (SSSR count). The minimum atomic E-state index is 0.458. The average molecular weight is 171 g/mol. The minimum Gasteiger partial charge on any atom is -0.385 e. The second-order valence-electron chi connectivity index (χ2n) is 3.45. The molecule has 2 atom stereocenters. The van der Waals surface area contributed by atoms with E-state index in [9.17, 15) is 0 Å². The van der Waals surface area contributed by atoms with Gasteiger partial charge in [0.25, 0.3) is 0 Å². The van der Waals surface area contributed by atoms with Crippen molar-refractivity contribution in [3.8, 4) is 0 Å². The van der Waals surface area contributed by atoms with E-state index in [1.165, 1.54) is 0 Å². The molecular weight excluding hydrogens is 150 g/mol. The van der Waals surface area contributed by atoms with Crippen molar-refractivity contribution in [1.82, 2.24) is 4.90 Å². The molecule has 0 heterocycles. The Labute approximate surface area is 76.2 Å². The molecular formula is C10H21NO. The predicted octanol–water partition coefficient (Wildman–Crippen LogP) is 1.78. The van der Waals surface area contributed by atoms with E-state index >= 15 is 0 Å². The van der Waals surface area contributed by atoms with Gasteiger partial charge in [0.15, 0.2) is 0 Å². The Kier molecular flexibility index (Phi) is 6.03. The highest BCUT2D eigenvalue weighted by Gasteiger charge is 2.14. The molecule has 2 unspecified atom stereocenters. The number of nitrogens with zero attached hydrogens (tertiary/aromatic N) is 1. The third-order valence-electron chi connectivity index (χ3n) is 2.20. The van der Waals surface area contributed by atoms with Crippen LogP contribution in [-0.2, 0) is 4.74 Å². The van der Waals surface area contributed by atoms with Crippen molar-refractivity contribution in [3.05, 3.63) is 12.7 Å². The fourth-order valence-corrected chi connectivity index (χ4v) is 1.43. The molecule has 0 aliphatic carbocycles. The highest BCUT2D eigenvalue weighted by atomic mass is 16.5. The largest absolute Gasteiger partial charge is 0.385 e. The van der Waals surface area contributed by atoms with Gasteiger partial charge in [0, 0.05) is 19.8 Å². The van der Waals surface area contributed by atoms with Crippen molar-refractivity contribution in [3.63, 3.8) is 0 Å². The van der Waals surface area contributed by atoms with Crippen LogP contribution >= 0.6 is 0 Å². The number of rotatable bonds is 6. The molecule has 0 bridgehead atoms. The second kappa shape index (κ2) is 6.21. The summed E-state index contributed by atoms with van der Waals surface area (Å²) in [5, 5.41) is 0. The lowest BCUT2D eigenvalue weighted by Crippen LogP contribution is -2.32. The maximum absolute atomic E-state index is 5.03. The van der Waals surface area contributed by atoms with E-state index in [2.05, 4.69) is 32.5 Å². The van der Waals surface area contributed by atoms with E-state index in [1.54, 1.807) is 7.11 Å². The fourth-order valence-electron chi connectivity index (χ4n) is 1.43. The standard InChI is InChI=1S/C10H21NO/c1-6-10(11(3)4)9(2)7-8-12-5/h6,9-10H,1,7-8H2,2-5H3. The smallest absolute Gasteiger partial charge is 0.0465 e. The molecule has 12 heavy (non-hydrogen) atoms. The topological polar surface area (TPSA) is 12.5 Å². The molecule has 0 spiro atoms. The Morgan fingerprint density at radius 1 is 1.50 bits per heavy atom. The van der Waals surface area contributed by atoms with Crippen molar-refractivity contribution >= 4 is 0 Å². The van der Waals surface area contributed by atoms with Gasteiger partial charge < -0.3 is 9.64 Å². The lowest BCUT2D eigenvalue weighted by atomic mass is 9.98. The number of methoxy groups -OCH3 is 1. The van der Waals surface area contributed by atoms with Crippen molar-refractivity contribution in [2.45, 2.75) is 19.4 Å². The first-order valence-electron chi connectivity index (χ1n) is 4.41. The first kappa shape index (κ1) is 11.7. The highest BCUT2D eigenvalue weighted by molar-refractivity contribution is 4.89. The molecule has 0 radical (unpaired) electrons. The van der Waals surface area contributed by atoms with Gasteiger partial charge in [-0.1, -0.05) is 13.0 Å². The quantitative estimate of drug-likeness (QED) is 0.565. The highest BCUT2D eigenvalue weighted by Crippen LogP contribution is 2.13. The van der Waals surface area contributed by atoms with Crippen molar-refractivity contribution in [2.24, 2.45) is 5.92 Å². The summed E-state index contributed by atoms with van der Waals surface area (Å²) in [7, 11) is 5.90. The van der Waals surface area contributed by atoms with Crippen LogP contribution in [-0.4, -0.2) is 38.8 Å². The maximum atomic E-state index is 5.03. The van der Waals surface area contributed by atoms with E-state index in [1.807, 2.05) is 6.08 Å². The molecule has 0 aliphatic heterocycles. The lowest BCUT2D eigenvalue weighted by Gasteiger charge is -2.26. The summed E-state index contributed by atoms with van der Waals surface area (Å²) in [5.74, 6) is 0.609. The van der Waals surface area contributed by atoms with E-state index in [-0.39, 0.29) is 0 Å². The van der Waals surface area contributed by atoms with E-state index < -0.39 is 0 Å². The van der Waals surface area contributed by atoms with Crippen molar-refractivity contribution in [2.75, 3.05) is 27.8 Å². The second-order valence-corrected chi connectivity index (χ2v) is 3.45. The van der Waals surface area contributed by atoms with Gasteiger partial charge in [0.05, 0.1) is 0 Å². The fraction of sp³-hybridized carbons (Fsp3) is 0.800. The number of likely N-dealkylation sites (N-methyl/N-ethyl adjacent to an activating group) is 1. The van der Waals surface area contributed by atoms with Gasteiger partial charge in [-0.2, -0.15) is 0 Å². The van der Waals surface area contributed by atoms with Gasteiger partial charge in [0.1, 0.15) is 0 Å². The van der Waals surface area contributed by atoms with Crippen LogP contribution < -0.4 is 0 Å². The van der Waals surface area contributed by atoms with Gasteiger partial charge in [-0.15, -0.1) is 6.58 Å². The van der Waals surface area contributed by atoms with Crippen LogP contribution in [0, 0.1) is 5.92 Å². The summed E-state index contributed by atoms with van der Waals surface area (Å²) >= 11 is 0. The van der Waals surface area contributed by atoms with E-state index in [4.69, 9.17) is 4.74 Å². The van der Waals surface area contributed by atoms with Crippen LogP contribution in [0.25, 0.3) is 0 Å². The van der Waals surface area contributed by atoms with Crippen LogP contribution in [0.2, 0.25) is 0 Å². The van der Waals surface area contributed by atoms with Gasteiger partial charge in [-0.25, -0.2) is 0 Å². The predicted molar refractivity (Wildman–Crippen MR) is 53.3 cm³/mol. The molecule has 72 valence electrons. The molecule has 0 aromatic rings. The van der Waals surface area contributed by atoms with E-state index in [0.29, 0.717) is 12.0 Å². The Hall–Kier alpha value is -0.340. The summed E-state index contributed by atoms with van der Waals surface area (Å²) in [6.07, 6.45) is 3.09. The maximum Gasteiger partial charge on any atom is 0.0465 e. The first-order chi connectivity index (χ1) is 5.63. The zero-order valence-corrected chi connectivity index (χ0v) is 8.71. The number of ether oxygens (including phenoxy) is 1. The molecule has 0 N–H and O–H groups in total. The van der Waals surface area contributed by atoms with Crippen molar-refractivity contribution in [1.29, 1.82) is 0 Å². The molecule has 0 aromatic carbocycles. The van der Waals surface area contributed by atoms with Gasteiger partial charge >= 0.3 is 0 Å². The monoisotopic (exact) mass is 171 g/mol. The third kappa shape index (κ3) is 3.88. The molecule has 2 nitrogen and oxygen atoms in total. The van der Waals surface area contributed by atoms with Gasteiger partial charge in [-0.05, 0) is 26.4 Å². The minimum absolute atomic E-state index is 0.458. The third-order valence-corrected chi connectivity index (χ3v) is 2.20. The number of hydrogen-bond donors (Lipinski definition) is 0. The average Bonchev–Trinajstić information content (AvgIpc) is 2.01. The first-order valence-corrected chi connectivity index (χ1v) is 4.41. The zero-order chi connectivity index (χ0) is 9.56. The normalized spacial score (nSPS) is 16.1. The zero-order valence-electron chi connectivity index (χ0n) is 8.71. The lowest BCUT2D eigenvalue weighted by molar-refractivity contribution is 0.159. The summed E-state index contributed by atoms with van der Waals surface area (Å²) < 4.78 is 5.03. The molecule has 0 saturated heterocycles. The van der Waals surface area contributed by atoms with Crippen molar-refractivity contribution < 1.29 is 4.74 Å². The van der Waals surface area contributed by atoms with Crippen LogP contribution in [0.3, 0.4) is 0 Å². The Balaban J connectivity index is 3.85. The Morgan fingerprint density at radius 3 is 2.42 bits per heavy atom.